The summed E-state index contributed by atoms with van der Waals surface area (Å²) in [5, 5.41) is 10.5. The molecule has 3 rings (SSSR count). The second-order valence-electron chi connectivity index (χ2n) is 5.79. The molecule has 1 N–H and O–H groups in total. The van der Waals surface area contributed by atoms with Crippen LogP contribution in [0.1, 0.15) is 12.8 Å². The molecule has 0 bridgehead atoms. The van der Waals surface area contributed by atoms with E-state index in [0.717, 1.165) is 12.2 Å². The Labute approximate surface area is 167 Å². The maximum absolute atomic E-state index is 12.1. The summed E-state index contributed by atoms with van der Waals surface area (Å²) >= 11 is 1.72. The number of nitrogens with one attached hydrogen (secondary N) is 1. The number of aromatic nitrogens is 2. The number of anilines is 1. The van der Waals surface area contributed by atoms with Crippen molar-refractivity contribution in [3.8, 4) is 23.0 Å². The standard InChI is InChI=1S/C20H21N3O4S/c1-25-14-10-11-16(17(13-14)26-2)19-22-23-20(27-19)21-18(24)9-6-12-28-15-7-4-3-5-8-15/h3-5,7-8,10-11,13H,6,9,12H2,1-2H3,(H,21,23,24). The average molecular weight is 399 g/mol. The monoisotopic (exact) mass is 399 g/mol. The van der Waals surface area contributed by atoms with E-state index in [1.54, 1.807) is 44.2 Å². The second kappa shape index (κ2) is 9.80. The molecule has 0 fully saturated rings. The molecule has 2 aromatic carbocycles. The first-order chi connectivity index (χ1) is 13.7. The lowest BCUT2D eigenvalue weighted by Gasteiger charge is -2.07. The first-order valence-corrected chi connectivity index (χ1v) is 9.71. The van der Waals surface area contributed by atoms with Crippen molar-refractivity contribution in [3.63, 3.8) is 0 Å². The van der Waals surface area contributed by atoms with Crippen molar-refractivity contribution in [2.75, 3.05) is 25.3 Å². The van der Waals surface area contributed by atoms with Crippen molar-refractivity contribution in [3.05, 3.63) is 48.5 Å². The van der Waals surface area contributed by atoms with Gasteiger partial charge < -0.3 is 13.9 Å². The van der Waals surface area contributed by atoms with E-state index in [2.05, 4.69) is 27.6 Å². The normalized spacial score (nSPS) is 10.5. The van der Waals surface area contributed by atoms with Crippen molar-refractivity contribution < 1.29 is 18.7 Å². The van der Waals surface area contributed by atoms with Crippen molar-refractivity contribution in [1.82, 2.24) is 10.2 Å². The summed E-state index contributed by atoms with van der Waals surface area (Å²) in [5.41, 5.74) is 0.621. The lowest BCUT2D eigenvalue weighted by Crippen LogP contribution is -2.11. The molecule has 0 radical (unpaired) electrons. The summed E-state index contributed by atoms with van der Waals surface area (Å²) in [6.45, 7) is 0. The number of methoxy groups -OCH3 is 2. The number of nitrogens with zero attached hydrogens (tertiary/aromatic N) is 2. The van der Waals surface area contributed by atoms with Crippen LogP contribution >= 0.6 is 11.8 Å². The molecule has 3 aromatic rings. The summed E-state index contributed by atoms with van der Waals surface area (Å²) in [6.07, 6.45) is 1.13. The van der Waals surface area contributed by atoms with Crippen molar-refractivity contribution in [2.45, 2.75) is 17.7 Å². The molecule has 0 spiro atoms. The Morgan fingerprint density at radius 1 is 1.11 bits per heavy atom. The van der Waals surface area contributed by atoms with Gasteiger partial charge >= 0.3 is 6.01 Å². The summed E-state index contributed by atoms with van der Waals surface area (Å²) in [7, 11) is 3.12. The third-order valence-electron chi connectivity index (χ3n) is 3.87. The smallest absolute Gasteiger partial charge is 0.322 e. The Hall–Kier alpha value is -3.00. The third-order valence-corrected chi connectivity index (χ3v) is 4.97. The van der Waals surface area contributed by atoms with E-state index >= 15 is 0 Å². The summed E-state index contributed by atoms with van der Waals surface area (Å²) in [5.74, 6) is 2.15. The lowest BCUT2D eigenvalue weighted by molar-refractivity contribution is -0.116. The van der Waals surface area contributed by atoms with Crippen LogP contribution < -0.4 is 14.8 Å². The number of benzene rings is 2. The van der Waals surface area contributed by atoms with E-state index in [9.17, 15) is 4.79 Å². The van der Waals surface area contributed by atoms with E-state index in [0.29, 0.717) is 23.5 Å². The molecule has 28 heavy (non-hydrogen) atoms. The minimum Gasteiger partial charge on any atom is -0.497 e. The van der Waals surface area contributed by atoms with E-state index < -0.39 is 0 Å². The van der Waals surface area contributed by atoms with E-state index in [-0.39, 0.29) is 17.8 Å². The fourth-order valence-electron chi connectivity index (χ4n) is 2.48. The van der Waals surface area contributed by atoms with Gasteiger partial charge in [0.05, 0.1) is 19.8 Å². The van der Waals surface area contributed by atoms with Crippen LogP contribution in [-0.4, -0.2) is 36.1 Å². The van der Waals surface area contributed by atoms with Crippen LogP contribution in [0.5, 0.6) is 11.5 Å². The second-order valence-corrected chi connectivity index (χ2v) is 6.96. The van der Waals surface area contributed by atoms with Crippen LogP contribution in [0.4, 0.5) is 6.01 Å². The summed E-state index contributed by atoms with van der Waals surface area (Å²) in [4.78, 5) is 13.3. The Morgan fingerprint density at radius 2 is 1.93 bits per heavy atom. The van der Waals surface area contributed by atoms with Crippen molar-refractivity contribution in [2.24, 2.45) is 0 Å². The maximum Gasteiger partial charge on any atom is 0.322 e. The van der Waals surface area contributed by atoms with E-state index in [4.69, 9.17) is 13.9 Å². The minimum atomic E-state index is -0.162. The molecule has 0 unspecified atom stereocenters. The largest absolute Gasteiger partial charge is 0.497 e. The van der Waals surface area contributed by atoms with Crippen molar-refractivity contribution >= 4 is 23.7 Å². The highest BCUT2D eigenvalue weighted by Gasteiger charge is 2.15. The number of carbonyl (C=O) groups excluding carboxylic acids is 1. The molecular weight excluding hydrogens is 378 g/mol. The Bertz CT molecular complexity index is 915. The van der Waals surface area contributed by atoms with Gasteiger partial charge in [0.25, 0.3) is 5.89 Å². The van der Waals surface area contributed by atoms with Crippen LogP contribution in [-0.2, 0) is 4.79 Å². The van der Waals surface area contributed by atoms with E-state index in [1.807, 2.05) is 18.2 Å². The lowest BCUT2D eigenvalue weighted by atomic mass is 10.2. The maximum atomic E-state index is 12.1. The summed E-state index contributed by atoms with van der Waals surface area (Å²) < 4.78 is 16.1. The molecule has 0 aliphatic heterocycles. The fraction of sp³-hybridized carbons (Fsp3) is 0.250. The predicted octanol–water partition coefficient (Wildman–Crippen LogP) is 4.26. The highest BCUT2D eigenvalue weighted by atomic mass is 32.2. The van der Waals surface area contributed by atoms with Gasteiger partial charge in [-0.05, 0) is 36.4 Å². The van der Waals surface area contributed by atoms with Crippen LogP contribution in [0, 0.1) is 0 Å². The number of carbonyl (C=O) groups is 1. The number of rotatable bonds is 9. The highest BCUT2D eigenvalue weighted by molar-refractivity contribution is 7.99. The molecule has 0 saturated heterocycles. The zero-order valence-electron chi connectivity index (χ0n) is 15.7. The van der Waals surface area contributed by atoms with Gasteiger partial charge in [-0.1, -0.05) is 23.3 Å². The van der Waals surface area contributed by atoms with Gasteiger partial charge in [0, 0.05) is 17.4 Å². The molecule has 1 heterocycles. The molecule has 0 aliphatic carbocycles. The van der Waals surface area contributed by atoms with Gasteiger partial charge in [-0.3, -0.25) is 10.1 Å². The van der Waals surface area contributed by atoms with Crippen molar-refractivity contribution in [1.29, 1.82) is 0 Å². The minimum absolute atomic E-state index is 0.0635. The third kappa shape index (κ3) is 5.26. The van der Waals surface area contributed by atoms with Gasteiger partial charge in [0.1, 0.15) is 11.5 Å². The Morgan fingerprint density at radius 3 is 2.68 bits per heavy atom. The van der Waals surface area contributed by atoms with E-state index in [1.165, 1.54) is 4.90 Å². The van der Waals surface area contributed by atoms with Crippen LogP contribution in [0.25, 0.3) is 11.5 Å². The Balaban J connectivity index is 1.52. The van der Waals surface area contributed by atoms with Crippen LogP contribution in [0.3, 0.4) is 0 Å². The molecular formula is C20H21N3O4S. The zero-order chi connectivity index (χ0) is 19.8. The van der Waals surface area contributed by atoms with Gasteiger partial charge in [-0.2, -0.15) is 0 Å². The van der Waals surface area contributed by atoms with Gasteiger partial charge in [0.2, 0.25) is 5.91 Å². The number of hydrogen-bond donors (Lipinski definition) is 1. The first kappa shape index (κ1) is 19.8. The SMILES string of the molecule is COc1ccc(-c2nnc(NC(=O)CCCSc3ccccc3)o2)c(OC)c1. The fourth-order valence-corrected chi connectivity index (χ4v) is 3.35. The first-order valence-electron chi connectivity index (χ1n) is 8.73. The number of hydrogen-bond acceptors (Lipinski definition) is 7. The average Bonchev–Trinajstić information content (AvgIpc) is 3.19. The summed E-state index contributed by atoms with van der Waals surface area (Å²) in [6, 6.07) is 15.4. The van der Waals surface area contributed by atoms with Crippen LogP contribution in [0.15, 0.2) is 57.8 Å². The quantitative estimate of drug-likeness (QED) is 0.425. The molecule has 0 atom stereocenters. The topological polar surface area (TPSA) is 86.5 Å². The number of thioether (sulfide) groups is 1. The number of amides is 1. The molecule has 0 aliphatic rings. The molecule has 1 amide bonds. The molecule has 0 saturated carbocycles. The predicted molar refractivity (Wildman–Crippen MR) is 108 cm³/mol. The highest BCUT2D eigenvalue weighted by Crippen LogP contribution is 2.33. The molecule has 8 heteroatoms. The molecule has 1 aromatic heterocycles. The molecule has 146 valence electrons. The van der Waals surface area contributed by atoms with Gasteiger partial charge in [-0.25, -0.2) is 0 Å². The van der Waals surface area contributed by atoms with Gasteiger partial charge in [-0.15, -0.1) is 16.9 Å². The van der Waals surface area contributed by atoms with Crippen LogP contribution in [0.2, 0.25) is 0 Å². The molecule has 7 nitrogen and oxygen atoms in total. The van der Waals surface area contributed by atoms with Gasteiger partial charge in [0.15, 0.2) is 0 Å². The zero-order valence-corrected chi connectivity index (χ0v) is 16.5. The number of ether oxygens (including phenoxy) is 2. The Kier molecular flexibility index (Phi) is 6.91.